The lowest BCUT2D eigenvalue weighted by Crippen LogP contribution is -2.27. The summed E-state index contributed by atoms with van der Waals surface area (Å²) in [6.45, 7) is 2.56. The lowest BCUT2D eigenvalue weighted by Gasteiger charge is -2.09. The first-order chi connectivity index (χ1) is 9.20. The van der Waals surface area contributed by atoms with Gasteiger partial charge in [0.15, 0.2) is 0 Å². The number of para-hydroxylation sites is 1. The summed E-state index contributed by atoms with van der Waals surface area (Å²) >= 11 is 0. The van der Waals surface area contributed by atoms with Crippen molar-refractivity contribution in [1.82, 2.24) is 10.2 Å². The number of ether oxygens (including phenoxy) is 1. The van der Waals surface area contributed by atoms with Crippen LogP contribution in [-0.4, -0.2) is 16.8 Å². The number of aromatic amines is 2. The zero-order valence-electron chi connectivity index (χ0n) is 10.7. The molecule has 0 aliphatic carbocycles. The Morgan fingerprint density at radius 3 is 2.63 bits per heavy atom. The number of benzene rings is 1. The van der Waals surface area contributed by atoms with E-state index < -0.39 is 11.0 Å². The number of H-pyrrole nitrogens is 2. The molecule has 0 saturated carbocycles. The summed E-state index contributed by atoms with van der Waals surface area (Å²) < 4.78 is 5.54. The molecule has 0 unspecified atom stereocenters. The van der Waals surface area contributed by atoms with Crippen LogP contribution in [0.15, 0.2) is 39.9 Å². The van der Waals surface area contributed by atoms with Gasteiger partial charge in [0.2, 0.25) is 5.43 Å². The van der Waals surface area contributed by atoms with Gasteiger partial charge < -0.3 is 9.84 Å². The van der Waals surface area contributed by atoms with Crippen molar-refractivity contribution in [3.05, 3.63) is 62.2 Å². The van der Waals surface area contributed by atoms with E-state index in [1.165, 1.54) is 6.07 Å². The molecule has 2 aromatic rings. The van der Waals surface area contributed by atoms with E-state index in [0.717, 1.165) is 17.7 Å². The Morgan fingerprint density at radius 1 is 1.11 bits per heavy atom. The maximum Gasteiger partial charge on any atom is 0.310 e. The van der Waals surface area contributed by atoms with E-state index in [1.54, 1.807) is 0 Å². The van der Waals surface area contributed by atoms with Gasteiger partial charge >= 0.3 is 5.56 Å². The Hall–Kier alpha value is -2.30. The van der Waals surface area contributed by atoms with Gasteiger partial charge in [-0.3, -0.25) is 14.7 Å². The molecule has 5 nitrogen and oxygen atoms in total. The van der Waals surface area contributed by atoms with Crippen LogP contribution in [-0.2, 0) is 12.8 Å². The monoisotopic (exact) mass is 260 g/mol. The topological polar surface area (TPSA) is 75.0 Å². The molecule has 0 aliphatic heterocycles. The highest BCUT2D eigenvalue weighted by molar-refractivity contribution is 5.33. The van der Waals surface area contributed by atoms with Crippen molar-refractivity contribution in [2.45, 2.75) is 19.8 Å². The molecule has 1 heterocycles. The molecule has 2 rings (SSSR count). The number of aryl methyl sites for hydroxylation is 2. The van der Waals surface area contributed by atoms with Crippen molar-refractivity contribution in [2.24, 2.45) is 0 Å². The van der Waals surface area contributed by atoms with E-state index in [2.05, 4.69) is 10.2 Å². The first kappa shape index (κ1) is 13.1. The maximum absolute atomic E-state index is 11.2. The SMILES string of the molecule is CCOc1ccccc1CCc1cc(=O)c(=O)[nH][nH]1. The van der Waals surface area contributed by atoms with Crippen LogP contribution in [0.1, 0.15) is 18.2 Å². The van der Waals surface area contributed by atoms with Crippen LogP contribution in [0, 0.1) is 0 Å². The zero-order valence-corrected chi connectivity index (χ0v) is 10.7. The molecule has 19 heavy (non-hydrogen) atoms. The van der Waals surface area contributed by atoms with Crippen LogP contribution in [0.4, 0.5) is 0 Å². The maximum atomic E-state index is 11.2. The molecule has 1 aromatic carbocycles. The molecule has 0 atom stereocenters. The fourth-order valence-corrected chi connectivity index (χ4v) is 1.87. The van der Waals surface area contributed by atoms with Crippen LogP contribution in [0.5, 0.6) is 5.75 Å². The van der Waals surface area contributed by atoms with E-state index in [4.69, 9.17) is 4.74 Å². The fraction of sp³-hybridized carbons (Fsp3) is 0.286. The Labute approximate surface area is 110 Å². The predicted octanol–water partition coefficient (Wildman–Crippen LogP) is 1.25. The Balaban J connectivity index is 2.12. The predicted molar refractivity (Wildman–Crippen MR) is 72.7 cm³/mol. The average Bonchev–Trinajstić information content (AvgIpc) is 2.42. The molecular formula is C14H16N2O3. The van der Waals surface area contributed by atoms with Gasteiger partial charge in [-0.1, -0.05) is 18.2 Å². The molecule has 0 fully saturated rings. The standard InChI is InChI=1S/C14H16N2O3/c1-2-19-13-6-4-3-5-10(13)7-8-11-9-12(17)14(18)16-15-11/h3-6,9H,2,7-8H2,1H3,(H,15,17)(H,16,18). The first-order valence-electron chi connectivity index (χ1n) is 6.22. The Morgan fingerprint density at radius 2 is 1.89 bits per heavy atom. The van der Waals surface area contributed by atoms with Gasteiger partial charge in [0.1, 0.15) is 5.75 Å². The molecule has 0 aliphatic rings. The van der Waals surface area contributed by atoms with E-state index >= 15 is 0 Å². The van der Waals surface area contributed by atoms with Gasteiger partial charge in [-0.25, -0.2) is 0 Å². The molecular weight excluding hydrogens is 244 g/mol. The largest absolute Gasteiger partial charge is 0.494 e. The molecule has 0 saturated heterocycles. The molecule has 0 radical (unpaired) electrons. The summed E-state index contributed by atoms with van der Waals surface area (Å²) in [7, 11) is 0. The smallest absolute Gasteiger partial charge is 0.310 e. The average molecular weight is 260 g/mol. The highest BCUT2D eigenvalue weighted by Crippen LogP contribution is 2.19. The second kappa shape index (κ2) is 6.04. The van der Waals surface area contributed by atoms with Gasteiger partial charge in [-0.15, -0.1) is 0 Å². The van der Waals surface area contributed by atoms with E-state index in [-0.39, 0.29) is 0 Å². The number of hydrogen-bond donors (Lipinski definition) is 2. The summed E-state index contributed by atoms with van der Waals surface area (Å²) in [6.07, 6.45) is 1.37. The first-order valence-corrected chi connectivity index (χ1v) is 6.22. The molecule has 2 N–H and O–H groups in total. The minimum Gasteiger partial charge on any atom is -0.494 e. The third-order valence-electron chi connectivity index (χ3n) is 2.80. The van der Waals surface area contributed by atoms with Crippen molar-refractivity contribution in [1.29, 1.82) is 0 Å². The molecule has 0 spiro atoms. The second-order valence-corrected chi connectivity index (χ2v) is 4.15. The van der Waals surface area contributed by atoms with E-state index in [1.807, 2.05) is 31.2 Å². The highest BCUT2D eigenvalue weighted by atomic mass is 16.5. The van der Waals surface area contributed by atoms with Crippen molar-refractivity contribution in [3.63, 3.8) is 0 Å². The minimum atomic E-state index is -0.626. The lowest BCUT2D eigenvalue weighted by atomic mass is 10.1. The number of nitrogens with one attached hydrogen (secondary N) is 2. The Kier molecular flexibility index (Phi) is 4.18. The summed E-state index contributed by atoms with van der Waals surface area (Å²) in [5.74, 6) is 0.858. The van der Waals surface area contributed by atoms with Crippen molar-refractivity contribution in [2.75, 3.05) is 6.61 Å². The van der Waals surface area contributed by atoms with Gasteiger partial charge in [-0.2, -0.15) is 0 Å². The zero-order chi connectivity index (χ0) is 13.7. The van der Waals surface area contributed by atoms with Crippen LogP contribution < -0.4 is 15.7 Å². The van der Waals surface area contributed by atoms with E-state index in [0.29, 0.717) is 18.7 Å². The summed E-state index contributed by atoms with van der Waals surface area (Å²) in [5, 5.41) is 5.04. The van der Waals surface area contributed by atoms with Crippen LogP contribution in [0.25, 0.3) is 0 Å². The third-order valence-corrected chi connectivity index (χ3v) is 2.80. The van der Waals surface area contributed by atoms with Crippen LogP contribution >= 0.6 is 0 Å². The molecule has 0 bridgehead atoms. The molecule has 5 heteroatoms. The number of hydrogen-bond acceptors (Lipinski definition) is 3. The molecule has 1 aromatic heterocycles. The third kappa shape index (κ3) is 3.34. The normalized spacial score (nSPS) is 10.4. The minimum absolute atomic E-state index is 0.521. The van der Waals surface area contributed by atoms with Gasteiger partial charge in [0.05, 0.1) is 6.61 Å². The van der Waals surface area contributed by atoms with Crippen LogP contribution in [0.3, 0.4) is 0 Å². The van der Waals surface area contributed by atoms with Gasteiger partial charge in [-0.05, 0) is 31.4 Å². The summed E-state index contributed by atoms with van der Waals surface area (Å²) in [5.41, 5.74) is 0.637. The lowest BCUT2D eigenvalue weighted by molar-refractivity contribution is 0.336. The van der Waals surface area contributed by atoms with Gasteiger partial charge in [0, 0.05) is 11.8 Å². The number of rotatable bonds is 5. The highest BCUT2D eigenvalue weighted by Gasteiger charge is 2.04. The van der Waals surface area contributed by atoms with Crippen molar-refractivity contribution in [3.8, 4) is 5.75 Å². The van der Waals surface area contributed by atoms with Crippen molar-refractivity contribution >= 4 is 0 Å². The van der Waals surface area contributed by atoms with Crippen LogP contribution in [0.2, 0.25) is 0 Å². The van der Waals surface area contributed by atoms with Crippen molar-refractivity contribution < 1.29 is 4.74 Å². The fourth-order valence-electron chi connectivity index (χ4n) is 1.87. The quantitative estimate of drug-likeness (QED) is 0.794. The summed E-state index contributed by atoms with van der Waals surface area (Å²) in [4.78, 5) is 22.2. The second-order valence-electron chi connectivity index (χ2n) is 4.15. The van der Waals surface area contributed by atoms with Gasteiger partial charge in [0.25, 0.3) is 0 Å². The molecule has 100 valence electrons. The Bertz CT molecular complexity index is 658. The molecule has 0 amide bonds. The van der Waals surface area contributed by atoms with E-state index in [9.17, 15) is 9.59 Å². The summed E-state index contributed by atoms with van der Waals surface area (Å²) in [6, 6.07) is 9.13. The number of aromatic nitrogens is 2.